The third kappa shape index (κ3) is 2.96. The molecule has 0 radical (unpaired) electrons. The second kappa shape index (κ2) is 6.10. The average Bonchev–Trinajstić information content (AvgIpc) is 2.38. The topological polar surface area (TPSA) is 32.3 Å². The predicted molar refractivity (Wildman–Crippen MR) is 78.5 cm³/mol. The van der Waals surface area contributed by atoms with E-state index in [4.69, 9.17) is 11.6 Å². The van der Waals surface area contributed by atoms with E-state index in [1.165, 1.54) is 12.1 Å². The van der Waals surface area contributed by atoms with Crippen molar-refractivity contribution in [3.63, 3.8) is 0 Å². The number of hydrogen-bond donors (Lipinski definition) is 1. The molecule has 1 aromatic carbocycles. The molecule has 0 aliphatic carbocycles. The summed E-state index contributed by atoms with van der Waals surface area (Å²) in [5.41, 5.74) is -0.0228. The molecule has 0 spiro atoms. The van der Waals surface area contributed by atoms with Gasteiger partial charge in [-0.3, -0.25) is 4.79 Å². The third-order valence-corrected chi connectivity index (χ3v) is 4.16. The number of halogens is 2. The van der Waals surface area contributed by atoms with Crippen molar-refractivity contribution in [1.82, 2.24) is 10.2 Å². The Morgan fingerprint density at radius 2 is 2.20 bits per heavy atom. The SMILES string of the molecule is CC(C)C1CN(C(=O)c2c(F)cccc2Cl)C(C)CN1. The van der Waals surface area contributed by atoms with Crippen LogP contribution in [-0.2, 0) is 0 Å². The zero-order chi connectivity index (χ0) is 14.9. The van der Waals surface area contributed by atoms with Gasteiger partial charge in [-0.15, -0.1) is 0 Å². The highest BCUT2D eigenvalue weighted by molar-refractivity contribution is 6.33. The Morgan fingerprint density at radius 3 is 2.80 bits per heavy atom. The largest absolute Gasteiger partial charge is 0.333 e. The van der Waals surface area contributed by atoms with Gasteiger partial charge in [-0.05, 0) is 25.0 Å². The van der Waals surface area contributed by atoms with Crippen LogP contribution in [0.4, 0.5) is 4.39 Å². The maximum Gasteiger partial charge on any atom is 0.258 e. The van der Waals surface area contributed by atoms with Crippen molar-refractivity contribution in [2.45, 2.75) is 32.9 Å². The zero-order valence-corrected chi connectivity index (χ0v) is 12.7. The van der Waals surface area contributed by atoms with E-state index in [0.29, 0.717) is 19.0 Å². The minimum atomic E-state index is -0.561. The highest BCUT2D eigenvalue weighted by Crippen LogP contribution is 2.23. The molecule has 1 aromatic rings. The molecule has 1 heterocycles. The van der Waals surface area contributed by atoms with Gasteiger partial charge in [0.1, 0.15) is 5.82 Å². The summed E-state index contributed by atoms with van der Waals surface area (Å²) < 4.78 is 13.9. The van der Waals surface area contributed by atoms with Gasteiger partial charge >= 0.3 is 0 Å². The molecule has 2 atom stereocenters. The van der Waals surface area contributed by atoms with Crippen LogP contribution in [0.5, 0.6) is 0 Å². The normalized spacial score (nSPS) is 23.2. The minimum Gasteiger partial charge on any atom is -0.333 e. The van der Waals surface area contributed by atoms with Gasteiger partial charge in [-0.2, -0.15) is 0 Å². The van der Waals surface area contributed by atoms with E-state index in [1.54, 1.807) is 11.0 Å². The number of nitrogens with zero attached hydrogens (tertiary/aromatic N) is 1. The number of rotatable bonds is 2. The van der Waals surface area contributed by atoms with E-state index in [1.807, 2.05) is 6.92 Å². The van der Waals surface area contributed by atoms with Crippen molar-refractivity contribution in [2.24, 2.45) is 5.92 Å². The van der Waals surface area contributed by atoms with Gasteiger partial charge in [-0.1, -0.05) is 31.5 Å². The maximum absolute atomic E-state index is 13.9. The Hall–Kier alpha value is -1.13. The van der Waals surface area contributed by atoms with Gasteiger partial charge in [0.05, 0.1) is 10.6 Å². The lowest BCUT2D eigenvalue weighted by Crippen LogP contribution is -2.58. The number of carbonyl (C=O) groups excluding carboxylic acids is 1. The molecule has 2 rings (SSSR count). The van der Waals surface area contributed by atoms with Crippen LogP contribution >= 0.6 is 11.6 Å². The molecule has 5 heteroatoms. The Labute approximate surface area is 124 Å². The molecule has 0 bridgehead atoms. The van der Waals surface area contributed by atoms with Gasteiger partial charge in [-0.25, -0.2) is 4.39 Å². The summed E-state index contributed by atoms with van der Waals surface area (Å²) in [4.78, 5) is 14.3. The molecule has 1 fully saturated rings. The Bertz CT molecular complexity index is 486. The fourth-order valence-corrected chi connectivity index (χ4v) is 2.71. The summed E-state index contributed by atoms with van der Waals surface area (Å²) in [5.74, 6) is -0.476. The van der Waals surface area contributed by atoms with Crippen molar-refractivity contribution in [3.8, 4) is 0 Å². The minimum absolute atomic E-state index is 0.0215. The summed E-state index contributed by atoms with van der Waals surface area (Å²) in [6, 6.07) is 4.57. The predicted octanol–water partition coefficient (Wildman–Crippen LogP) is 2.94. The molecule has 1 saturated heterocycles. The highest BCUT2D eigenvalue weighted by Gasteiger charge is 2.32. The maximum atomic E-state index is 13.9. The van der Waals surface area contributed by atoms with Crippen LogP contribution in [0.3, 0.4) is 0 Å². The van der Waals surface area contributed by atoms with Crippen LogP contribution in [0.1, 0.15) is 31.1 Å². The summed E-state index contributed by atoms with van der Waals surface area (Å²) in [6.07, 6.45) is 0. The Balaban J connectivity index is 2.27. The van der Waals surface area contributed by atoms with Crippen molar-refractivity contribution in [1.29, 1.82) is 0 Å². The summed E-state index contributed by atoms with van der Waals surface area (Å²) in [5, 5.41) is 3.58. The first-order valence-electron chi connectivity index (χ1n) is 6.90. The quantitative estimate of drug-likeness (QED) is 0.910. The summed E-state index contributed by atoms with van der Waals surface area (Å²) >= 11 is 5.99. The molecule has 0 saturated carbocycles. The van der Waals surface area contributed by atoms with Crippen LogP contribution in [0, 0.1) is 11.7 Å². The number of hydrogen-bond acceptors (Lipinski definition) is 2. The number of amides is 1. The molecule has 1 N–H and O–H groups in total. The van der Waals surface area contributed by atoms with E-state index >= 15 is 0 Å². The van der Waals surface area contributed by atoms with Gasteiger partial charge in [0.25, 0.3) is 5.91 Å². The molecular weight excluding hydrogens is 279 g/mol. The molecule has 110 valence electrons. The van der Waals surface area contributed by atoms with Gasteiger partial charge < -0.3 is 10.2 Å². The summed E-state index contributed by atoms with van der Waals surface area (Å²) in [6.45, 7) is 7.44. The molecular formula is C15H20ClFN2O. The van der Waals surface area contributed by atoms with Crippen molar-refractivity contribution < 1.29 is 9.18 Å². The number of nitrogens with one attached hydrogen (secondary N) is 1. The second-order valence-corrected chi connectivity index (χ2v) is 6.07. The van der Waals surface area contributed by atoms with Crippen LogP contribution in [0.25, 0.3) is 0 Å². The standard InChI is InChI=1S/C15H20ClFN2O/c1-9(2)13-8-19(10(3)7-18-13)15(20)14-11(16)5-4-6-12(14)17/h4-6,9-10,13,18H,7-8H2,1-3H3. The van der Waals surface area contributed by atoms with E-state index < -0.39 is 5.82 Å². The molecule has 1 aliphatic heterocycles. The number of carbonyl (C=O) groups is 1. The third-order valence-electron chi connectivity index (χ3n) is 3.84. The molecule has 1 amide bonds. The van der Waals surface area contributed by atoms with Crippen molar-refractivity contribution >= 4 is 17.5 Å². The van der Waals surface area contributed by atoms with E-state index in [0.717, 1.165) is 0 Å². The second-order valence-electron chi connectivity index (χ2n) is 5.66. The zero-order valence-electron chi connectivity index (χ0n) is 12.0. The van der Waals surface area contributed by atoms with Crippen LogP contribution < -0.4 is 5.32 Å². The van der Waals surface area contributed by atoms with E-state index in [2.05, 4.69) is 19.2 Å². The summed E-state index contributed by atoms with van der Waals surface area (Å²) in [7, 11) is 0. The lowest BCUT2D eigenvalue weighted by molar-refractivity contribution is 0.0575. The molecule has 2 unspecified atom stereocenters. The highest BCUT2D eigenvalue weighted by atomic mass is 35.5. The molecule has 20 heavy (non-hydrogen) atoms. The van der Waals surface area contributed by atoms with Crippen LogP contribution in [-0.4, -0.2) is 36.0 Å². The first kappa shape index (κ1) is 15.3. The number of benzene rings is 1. The fourth-order valence-electron chi connectivity index (χ4n) is 2.46. The van der Waals surface area contributed by atoms with E-state index in [9.17, 15) is 9.18 Å². The van der Waals surface area contributed by atoms with Gasteiger partial charge in [0.2, 0.25) is 0 Å². The molecule has 0 aromatic heterocycles. The Morgan fingerprint density at radius 1 is 1.50 bits per heavy atom. The van der Waals surface area contributed by atoms with Crippen molar-refractivity contribution in [3.05, 3.63) is 34.6 Å². The monoisotopic (exact) mass is 298 g/mol. The van der Waals surface area contributed by atoms with Gasteiger partial charge in [0, 0.05) is 25.2 Å². The first-order valence-corrected chi connectivity index (χ1v) is 7.28. The average molecular weight is 299 g/mol. The Kier molecular flexibility index (Phi) is 4.66. The van der Waals surface area contributed by atoms with Crippen molar-refractivity contribution in [2.75, 3.05) is 13.1 Å². The van der Waals surface area contributed by atoms with Gasteiger partial charge in [0.15, 0.2) is 0 Å². The van der Waals surface area contributed by atoms with Crippen LogP contribution in [0.15, 0.2) is 18.2 Å². The number of piperazine rings is 1. The lowest BCUT2D eigenvalue weighted by atomic mass is 9.99. The fraction of sp³-hybridized carbons (Fsp3) is 0.533. The van der Waals surface area contributed by atoms with Crippen LogP contribution in [0.2, 0.25) is 5.02 Å². The first-order chi connectivity index (χ1) is 9.41. The molecule has 1 aliphatic rings. The molecule has 3 nitrogen and oxygen atoms in total. The lowest BCUT2D eigenvalue weighted by Gasteiger charge is -2.40. The van der Waals surface area contributed by atoms with E-state index in [-0.39, 0.29) is 28.6 Å². The smallest absolute Gasteiger partial charge is 0.258 e.